The van der Waals surface area contributed by atoms with Crippen LogP contribution < -0.4 is 5.56 Å². The summed E-state index contributed by atoms with van der Waals surface area (Å²) in [6.07, 6.45) is -4.71. The summed E-state index contributed by atoms with van der Waals surface area (Å²) in [5, 5.41) is 3.87. The van der Waals surface area contributed by atoms with Crippen molar-refractivity contribution in [2.45, 2.75) is 19.6 Å². The highest BCUT2D eigenvalue weighted by atomic mass is 35.5. The minimum absolute atomic E-state index is 0.0196. The van der Waals surface area contributed by atoms with E-state index in [4.69, 9.17) is 11.6 Å². The van der Waals surface area contributed by atoms with Gasteiger partial charge in [-0.15, -0.1) is 0 Å². The maximum absolute atomic E-state index is 14.0. The largest absolute Gasteiger partial charge is 0.417 e. The zero-order valence-corrected chi connectivity index (χ0v) is 13.9. The predicted molar refractivity (Wildman–Crippen MR) is 85.2 cm³/mol. The van der Waals surface area contributed by atoms with E-state index in [0.29, 0.717) is 6.07 Å². The van der Waals surface area contributed by atoms with E-state index in [1.165, 1.54) is 36.9 Å². The number of hydrogen-bond donors (Lipinski definition) is 0. The second kappa shape index (κ2) is 5.87. The number of nitrogens with zero attached hydrogens (tertiary/aromatic N) is 3. The molecule has 3 rings (SSSR count). The molecule has 0 spiro atoms. The number of aryl methyl sites for hydroxylation is 2. The Balaban J connectivity index is 2.34. The first-order valence-electron chi connectivity index (χ1n) is 7.18. The maximum atomic E-state index is 14.0. The van der Waals surface area contributed by atoms with E-state index in [0.717, 1.165) is 4.57 Å². The Bertz CT molecular complexity index is 1020. The van der Waals surface area contributed by atoms with E-state index in [-0.39, 0.29) is 33.9 Å². The standard InChI is InChI=1S/C16H12ClF4N3O/c1-8-14-10(16(19,20)21)6-13(25)24(15(14)23(2)22-8)7-9-11(17)4-3-5-12(9)18/h3-6H,7H2,1-2H3. The van der Waals surface area contributed by atoms with E-state index < -0.39 is 23.1 Å². The summed E-state index contributed by atoms with van der Waals surface area (Å²) >= 11 is 5.97. The molecule has 0 saturated heterocycles. The third kappa shape index (κ3) is 2.90. The molecule has 0 atom stereocenters. The molecule has 3 aromatic rings. The summed E-state index contributed by atoms with van der Waals surface area (Å²) in [4.78, 5) is 12.3. The fourth-order valence-electron chi connectivity index (χ4n) is 2.87. The number of benzene rings is 1. The van der Waals surface area contributed by atoms with Gasteiger partial charge in [0.1, 0.15) is 11.5 Å². The maximum Gasteiger partial charge on any atom is 0.417 e. The van der Waals surface area contributed by atoms with E-state index in [1.807, 2.05) is 0 Å². The molecule has 0 N–H and O–H groups in total. The SMILES string of the molecule is Cc1nn(C)c2c1c(C(F)(F)F)cc(=O)n2Cc1c(F)cccc1Cl. The molecule has 0 fully saturated rings. The highest BCUT2D eigenvalue weighted by Gasteiger charge is 2.36. The van der Waals surface area contributed by atoms with E-state index in [9.17, 15) is 22.4 Å². The van der Waals surface area contributed by atoms with Crippen LogP contribution >= 0.6 is 11.6 Å². The van der Waals surface area contributed by atoms with Gasteiger partial charge in [0.15, 0.2) is 0 Å². The highest BCUT2D eigenvalue weighted by Crippen LogP contribution is 2.35. The molecule has 9 heteroatoms. The molecule has 2 aromatic heterocycles. The lowest BCUT2D eigenvalue weighted by Gasteiger charge is -2.14. The van der Waals surface area contributed by atoms with Crippen molar-refractivity contribution < 1.29 is 17.6 Å². The first-order valence-corrected chi connectivity index (χ1v) is 7.56. The van der Waals surface area contributed by atoms with Crippen molar-refractivity contribution in [3.63, 3.8) is 0 Å². The Kier molecular flexibility index (Phi) is 4.10. The molecule has 0 aliphatic heterocycles. The average Bonchev–Trinajstić information content (AvgIpc) is 2.78. The molecule has 0 unspecified atom stereocenters. The molecule has 25 heavy (non-hydrogen) atoms. The van der Waals surface area contributed by atoms with Gasteiger partial charge >= 0.3 is 6.18 Å². The number of halogens is 5. The van der Waals surface area contributed by atoms with Crippen molar-refractivity contribution in [1.82, 2.24) is 14.3 Å². The summed E-state index contributed by atoms with van der Waals surface area (Å²) in [5.41, 5.74) is -1.88. The van der Waals surface area contributed by atoms with Crippen LogP contribution in [0.25, 0.3) is 11.0 Å². The molecule has 0 saturated carbocycles. The fourth-order valence-corrected chi connectivity index (χ4v) is 3.09. The second-order valence-corrected chi connectivity index (χ2v) is 6.00. The van der Waals surface area contributed by atoms with Crippen molar-refractivity contribution in [2.24, 2.45) is 7.05 Å². The van der Waals surface area contributed by atoms with Crippen LogP contribution in [0.5, 0.6) is 0 Å². The fraction of sp³-hybridized carbons (Fsp3) is 0.250. The summed E-state index contributed by atoms with van der Waals surface area (Å²) in [7, 11) is 1.42. The second-order valence-electron chi connectivity index (χ2n) is 5.59. The lowest BCUT2D eigenvalue weighted by molar-refractivity contribution is -0.136. The number of rotatable bonds is 2. The van der Waals surface area contributed by atoms with Crippen LogP contribution in [0.4, 0.5) is 17.6 Å². The molecule has 0 radical (unpaired) electrons. The molecule has 2 heterocycles. The van der Waals surface area contributed by atoms with Gasteiger partial charge in [-0.25, -0.2) is 4.39 Å². The summed E-state index contributed by atoms with van der Waals surface area (Å²) in [6.45, 7) is 1.11. The third-order valence-corrected chi connectivity index (χ3v) is 4.29. The molecule has 0 bridgehead atoms. The van der Waals surface area contributed by atoms with Gasteiger partial charge in [0, 0.05) is 23.7 Å². The first kappa shape index (κ1) is 17.5. The minimum atomic E-state index is -4.71. The first-order chi connectivity index (χ1) is 11.6. The Morgan fingerprint density at radius 3 is 2.56 bits per heavy atom. The number of aromatic nitrogens is 3. The van der Waals surface area contributed by atoms with Gasteiger partial charge < -0.3 is 0 Å². The summed E-state index contributed by atoms with van der Waals surface area (Å²) in [5.74, 6) is -0.647. The van der Waals surface area contributed by atoms with Gasteiger partial charge in [0.25, 0.3) is 5.56 Å². The Hall–Kier alpha value is -2.35. The zero-order chi connectivity index (χ0) is 18.5. The van der Waals surface area contributed by atoms with Crippen molar-refractivity contribution in [1.29, 1.82) is 0 Å². The van der Waals surface area contributed by atoms with Gasteiger partial charge in [-0.3, -0.25) is 14.0 Å². The number of hydrogen-bond acceptors (Lipinski definition) is 2. The molecule has 0 aliphatic rings. The van der Waals surface area contributed by atoms with Crippen LogP contribution in [-0.2, 0) is 19.8 Å². The van der Waals surface area contributed by atoms with E-state index >= 15 is 0 Å². The molecule has 132 valence electrons. The number of pyridine rings is 1. The topological polar surface area (TPSA) is 39.8 Å². The van der Waals surface area contributed by atoms with Crippen molar-refractivity contribution in [3.8, 4) is 0 Å². The van der Waals surface area contributed by atoms with Gasteiger partial charge in [0.05, 0.1) is 23.2 Å². The smallest absolute Gasteiger partial charge is 0.288 e. The highest BCUT2D eigenvalue weighted by molar-refractivity contribution is 6.31. The van der Waals surface area contributed by atoms with Crippen LogP contribution in [0, 0.1) is 12.7 Å². The predicted octanol–water partition coefficient (Wildman–Crippen LogP) is 3.90. The monoisotopic (exact) mass is 373 g/mol. The van der Waals surface area contributed by atoms with Crippen LogP contribution in [-0.4, -0.2) is 14.3 Å². The molecule has 0 amide bonds. The summed E-state index contributed by atoms with van der Waals surface area (Å²) < 4.78 is 56.2. The molecular formula is C16H12ClF4N3O. The normalized spacial score (nSPS) is 12.1. The number of fused-ring (bicyclic) bond motifs is 1. The van der Waals surface area contributed by atoms with Gasteiger partial charge in [-0.05, 0) is 19.1 Å². The molecule has 4 nitrogen and oxygen atoms in total. The quantitative estimate of drug-likeness (QED) is 0.639. The molecule has 1 aromatic carbocycles. The lowest BCUT2D eigenvalue weighted by atomic mass is 10.1. The van der Waals surface area contributed by atoms with Crippen molar-refractivity contribution in [3.05, 3.63) is 62.3 Å². The van der Waals surface area contributed by atoms with E-state index in [2.05, 4.69) is 5.10 Å². The van der Waals surface area contributed by atoms with Crippen molar-refractivity contribution >= 4 is 22.6 Å². The zero-order valence-electron chi connectivity index (χ0n) is 13.2. The van der Waals surface area contributed by atoms with Gasteiger partial charge in [0.2, 0.25) is 0 Å². The molecule has 0 aliphatic carbocycles. The van der Waals surface area contributed by atoms with Crippen LogP contribution in [0.2, 0.25) is 5.02 Å². The van der Waals surface area contributed by atoms with Crippen LogP contribution in [0.1, 0.15) is 16.8 Å². The minimum Gasteiger partial charge on any atom is -0.288 e. The van der Waals surface area contributed by atoms with Gasteiger partial charge in [-0.1, -0.05) is 17.7 Å². The van der Waals surface area contributed by atoms with Gasteiger partial charge in [-0.2, -0.15) is 18.3 Å². The number of alkyl halides is 3. The Morgan fingerprint density at radius 1 is 1.28 bits per heavy atom. The van der Waals surface area contributed by atoms with Crippen LogP contribution in [0.15, 0.2) is 29.1 Å². The Morgan fingerprint density at radius 2 is 1.96 bits per heavy atom. The van der Waals surface area contributed by atoms with Crippen LogP contribution in [0.3, 0.4) is 0 Å². The Labute approximate surface area is 144 Å². The van der Waals surface area contributed by atoms with Crippen molar-refractivity contribution in [2.75, 3.05) is 0 Å². The third-order valence-electron chi connectivity index (χ3n) is 3.93. The summed E-state index contributed by atoms with van der Waals surface area (Å²) in [6, 6.07) is 4.52. The van der Waals surface area contributed by atoms with E-state index in [1.54, 1.807) is 0 Å². The average molecular weight is 374 g/mol. The molecular weight excluding hydrogens is 362 g/mol. The lowest BCUT2D eigenvalue weighted by Crippen LogP contribution is -2.25.